The van der Waals surface area contributed by atoms with Crippen LogP contribution < -0.4 is 15.8 Å². The number of rotatable bonds is 4. The SMILES string of the molecule is O=C(Cc1nc(N2CCOCC2)cc(=O)[nH]1)Nc1ccc2cn[nH]c2c1. The summed E-state index contributed by atoms with van der Waals surface area (Å²) < 4.78 is 5.31. The second-order valence-corrected chi connectivity index (χ2v) is 6.05. The Morgan fingerprint density at radius 1 is 1.27 bits per heavy atom. The molecule has 1 aromatic carbocycles. The topological polar surface area (TPSA) is 116 Å². The first-order valence-corrected chi connectivity index (χ1v) is 8.33. The number of ether oxygens (including phenoxy) is 1. The molecule has 0 aliphatic carbocycles. The second-order valence-electron chi connectivity index (χ2n) is 6.05. The molecule has 26 heavy (non-hydrogen) atoms. The molecular weight excluding hydrogens is 336 g/mol. The van der Waals surface area contributed by atoms with Crippen molar-refractivity contribution in [2.75, 3.05) is 36.5 Å². The van der Waals surface area contributed by atoms with Crippen LogP contribution in [-0.4, -0.2) is 52.4 Å². The Morgan fingerprint density at radius 3 is 2.96 bits per heavy atom. The first-order valence-electron chi connectivity index (χ1n) is 8.33. The number of H-pyrrole nitrogens is 2. The monoisotopic (exact) mass is 354 g/mol. The van der Waals surface area contributed by atoms with Gasteiger partial charge in [-0.25, -0.2) is 4.98 Å². The van der Waals surface area contributed by atoms with E-state index < -0.39 is 0 Å². The average Bonchev–Trinajstić information content (AvgIpc) is 3.09. The van der Waals surface area contributed by atoms with E-state index in [-0.39, 0.29) is 17.9 Å². The number of aromatic nitrogens is 4. The van der Waals surface area contributed by atoms with E-state index in [0.29, 0.717) is 43.6 Å². The van der Waals surface area contributed by atoms with E-state index >= 15 is 0 Å². The number of carbonyl (C=O) groups excluding carboxylic acids is 1. The lowest BCUT2D eigenvalue weighted by molar-refractivity contribution is -0.115. The zero-order valence-corrected chi connectivity index (χ0v) is 14.0. The van der Waals surface area contributed by atoms with Gasteiger partial charge in [-0.05, 0) is 18.2 Å². The highest BCUT2D eigenvalue weighted by molar-refractivity contribution is 5.94. The quantitative estimate of drug-likeness (QED) is 0.634. The molecule has 3 N–H and O–H groups in total. The number of carbonyl (C=O) groups is 1. The van der Waals surface area contributed by atoms with Gasteiger partial charge in [0.1, 0.15) is 11.6 Å². The molecule has 0 atom stereocenters. The summed E-state index contributed by atoms with van der Waals surface area (Å²) >= 11 is 0. The van der Waals surface area contributed by atoms with Crippen molar-refractivity contribution < 1.29 is 9.53 Å². The number of anilines is 2. The Morgan fingerprint density at radius 2 is 2.12 bits per heavy atom. The molecule has 1 amide bonds. The second kappa shape index (κ2) is 6.96. The van der Waals surface area contributed by atoms with Crippen LogP contribution in [0.3, 0.4) is 0 Å². The third-order valence-corrected chi connectivity index (χ3v) is 4.17. The van der Waals surface area contributed by atoms with E-state index in [1.165, 1.54) is 6.07 Å². The minimum Gasteiger partial charge on any atom is -0.378 e. The van der Waals surface area contributed by atoms with Gasteiger partial charge in [-0.1, -0.05) is 0 Å². The van der Waals surface area contributed by atoms with Crippen LogP contribution in [0.2, 0.25) is 0 Å². The molecule has 0 radical (unpaired) electrons. The highest BCUT2D eigenvalue weighted by atomic mass is 16.5. The summed E-state index contributed by atoms with van der Waals surface area (Å²) in [5, 5.41) is 10.6. The van der Waals surface area contributed by atoms with Gasteiger partial charge in [0, 0.05) is 30.2 Å². The highest BCUT2D eigenvalue weighted by Gasteiger charge is 2.15. The molecule has 1 saturated heterocycles. The maximum Gasteiger partial charge on any atom is 0.252 e. The molecule has 1 aliphatic heterocycles. The summed E-state index contributed by atoms with van der Waals surface area (Å²) in [4.78, 5) is 33.3. The predicted molar refractivity (Wildman–Crippen MR) is 96.3 cm³/mol. The summed E-state index contributed by atoms with van der Waals surface area (Å²) in [5.74, 6) is 0.643. The summed E-state index contributed by atoms with van der Waals surface area (Å²) in [6.07, 6.45) is 1.70. The number of aromatic amines is 2. The highest BCUT2D eigenvalue weighted by Crippen LogP contribution is 2.17. The number of nitrogens with zero attached hydrogens (tertiary/aromatic N) is 3. The van der Waals surface area contributed by atoms with Gasteiger partial charge in [-0.2, -0.15) is 5.10 Å². The van der Waals surface area contributed by atoms with Gasteiger partial charge in [-0.3, -0.25) is 14.7 Å². The number of nitrogens with one attached hydrogen (secondary N) is 3. The molecule has 1 fully saturated rings. The molecule has 0 unspecified atom stereocenters. The standard InChI is InChI=1S/C17H18N6O3/c24-16(19-12-2-1-11-10-18-22-13(11)7-12)8-14-20-15(9-17(25)21-14)23-3-5-26-6-4-23/h1-2,7,9-10H,3-6,8H2,(H,18,22)(H,19,24)(H,20,21,25). The lowest BCUT2D eigenvalue weighted by Crippen LogP contribution is -2.37. The van der Waals surface area contributed by atoms with Gasteiger partial charge < -0.3 is 19.9 Å². The number of morpholine rings is 1. The minimum absolute atomic E-state index is 0.0194. The van der Waals surface area contributed by atoms with Gasteiger partial charge in [0.2, 0.25) is 5.91 Å². The largest absolute Gasteiger partial charge is 0.378 e. The summed E-state index contributed by atoms with van der Waals surface area (Å²) in [6.45, 7) is 2.54. The predicted octanol–water partition coefficient (Wildman–Crippen LogP) is 0.664. The van der Waals surface area contributed by atoms with Crippen LogP contribution in [0.4, 0.5) is 11.5 Å². The lowest BCUT2D eigenvalue weighted by atomic mass is 10.2. The molecule has 0 bridgehead atoms. The van der Waals surface area contributed by atoms with E-state index in [1.54, 1.807) is 18.3 Å². The van der Waals surface area contributed by atoms with Crippen molar-refractivity contribution in [3.05, 3.63) is 46.6 Å². The summed E-state index contributed by atoms with van der Waals surface area (Å²) in [6, 6.07) is 6.92. The van der Waals surface area contributed by atoms with Crippen molar-refractivity contribution in [2.24, 2.45) is 0 Å². The Balaban J connectivity index is 1.48. The number of hydrogen-bond donors (Lipinski definition) is 3. The number of hydrogen-bond acceptors (Lipinski definition) is 6. The Kier molecular flexibility index (Phi) is 4.36. The number of benzene rings is 1. The van der Waals surface area contributed by atoms with Gasteiger partial charge in [0.05, 0.1) is 31.3 Å². The maximum atomic E-state index is 12.3. The fourth-order valence-corrected chi connectivity index (χ4v) is 2.90. The van der Waals surface area contributed by atoms with Crippen LogP contribution in [0.1, 0.15) is 5.82 Å². The van der Waals surface area contributed by atoms with Crippen molar-refractivity contribution in [1.29, 1.82) is 0 Å². The lowest BCUT2D eigenvalue weighted by Gasteiger charge is -2.27. The molecule has 0 saturated carbocycles. The van der Waals surface area contributed by atoms with Crippen LogP contribution in [0.5, 0.6) is 0 Å². The third kappa shape index (κ3) is 3.57. The Labute approximate surface area is 148 Å². The first kappa shape index (κ1) is 16.3. The van der Waals surface area contributed by atoms with Gasteiger partial charge in [0.25, 0.3) is 5.56 Å². The zero-order valence-electron chi connectivity index (χ0n) is 14.0. The molecule has 134 valence electrons. The average molecular weight is 354 g/mol. The molecule has 9 heteroatoms. The molecule has 4 rings (SSSR count). The van der Waals surface area contributed by atoms with Gasteiger partial charge in [-0.15, -0.1) is 0 Å². The van der Waals surface area contributed by atoms with Crippen LogP contribution in [0.25, 0.3) is 10.9 Å². The molecule has 3 aromatic rings. The Bertz CT molecular complexity index is 989. The van der Waals surface area contributed by atoms with Crippen molar-refractivity contribution in [3.63, 3.8) is 0 Å². The van der Waals surface area contributed by atoms with Crippen molar-refractivity contribution in [2.45, 2.75) is 6.42 Å². The number of fused-ring (bicyclic) bond motifs is 1. The van der Waals surface area contributed by atoms with Crippen LogP contribution in [0, 0.1) is 0 Å². The van der Waals surface area contributed by atoms with E-state index in [4.69, 9.17) is 4.74 Å². The van der Waals surface area contributed by atoms with E-state index in [0.717, 1.165) is 10.9 Å². The maximum absolute atomic E-state index is 12.3. The zero-order chi connectivity index (χ0) is 17.9. The van der Waals surface area contributed by atoms with Crippen molar-refractivity contribution >= 4 is 28.3 Å². The van der Waals surface area contributed by atoms with Gasteiger partial charge in [0.15, 0.2) is 0 Å². The minimum atomic E-state index is -0.275. The summed E-state index contributed by atoms with van der Waals surface area (Å²) in [5.41, 5.74) is 1.21. The van der Waals surface area contributed by atoms with Crippen LogP contribution in [-0.2, 0) is 16.0 Å². The van der Waals surface area contributed by atoms with E-state index in [1.807, 2.05) is 11.0 Å². The summed E-state index contributed by atoms with van der Waals surface area (Å²) in [7, 11) is 0. The van der Waals surface area contributed by atoms with Crippen molar-refractivity contribution in [3.8, 4) is 0 Å². The fourth-order valence-electron chi connectivity index (χ4n) is 2.90. The van der Waals surface area contributed by atoms with Crippen LogP contribution in [0.15, 0.2) is 35.3 Å². The molecule has 1 aliphatic rings. The molecule has 9 nitrogen and oxygen atoms in total. The van der Waals surface area contributed by atoms with Crippen molar-refractivity contribution in [1.82, 2.24) is 20.2 Å². The number of amides is 1. The Hall–Kier alpha value is -3.20. The first-order chi connectivity index (χ1) is 12.7. The third-order valence-electron chi connectivity index (χ3n) is 4.17. The van der Waals surface area contributed by atoms with E-state index in [2.05, 4.69) is 25.5 Å². The van der Waals surface area contributed by atoms with Gasteiger partial charge >= 0.3 is 0 Å². The molecular formula is C17H18N6O3. The normalized spacial score (nSPS) is 14.5. The smallest absolute Gasteiger partial charge is 0.252 e. The fraction of sp³-hybridized carbons (Fsp3) is 0.294. The van der Waals surface area contributed by atoms with Crippen LogP contribution >= 0.6 is 0 Å². The van der Waals surface area contributed by atoms with E-state index in [9.17, 15) is 9.59 Å². The molecule has 2 aromatic heterocycles. The molecule has 3 heterocycles. The molecule has 0 spiro atoms.